The van der Waals surface area contributed by atoms with E-state index in [9.17, 15) is 9.59 Å². The smallest absolute Gasteiger partial charge is 0.339 e. The van der Waals surface area contributed by atoms with Crippen molar-refractivity contribution in [2.45, 2.75) is 13.0 Å². The molecule has 0 unspecified atom stereocenters. The highest BCUT2D eigenvalue weighted by Crippen LogP contribution is 2.24. The topological polar surface area (TPSA) is 43.4 Å². The summed E-state index contributed by atoms with van der Waals surface area (Å²) in [6, 6.07) is 23.4. The summed E-state index contributed by atoms with van der Waals surface area (Å²) in [5, 5.41) is 0. The van der Waals surface area contributed by atoms with Crippen molar-refractivity contribution < 1.29 is 14.3 Å². The van der Waals surface area contributed by atoms with Crippen molar-refractivity contribution in [3.8, 4) is 0 Å². The lowest BCUT2D eigenvalue weighted by Crippen LogP contribution is -2.20. The van der Waals surface area contributed by atoms with Gasteiger partial charge in [0.1, 0.15) is 0 Å². The quantitative estimate of drug-likeness (QED) is 0.294. The molecule has 3 nitrogen and oxygen atoms in total. The number of carbonyl (C=O) groups is 2. The molecule has 130 valence electrons. The van der Waals surface area contributed by atoms with Crippen molar-refractivity contribution in [2.75, 3.05) is 0 Å². The number of ether oxygens (including phenoxy) is 1. The molecule has 0 aliphatic rings. The second-order valence-electron chi connectivity index (χ2n) is 5.94. The molecule has 0 radical (unpaired) electrons. The number of esters is 1. The van der Waals surface area contributed by atoms with E-state index in [0.29, 0.717) is 16.7 Å². The summed E-state index contributed by atoms with van der Waals surface area (Å²) in [6.45, 7) is 1.96. The third kappa shape index (κ3) is 4.38. The standard InChI is InChI=1S/C22H17IO3/c1-15-10-12-16(13-11-15)20(24)21(17-6-3-2-4-7-17)26-22(25)18-8-5-9-19(23)14-18/h2-14,21H,1H3/t21-/m1/s1. The van der Waals surface area contributed by atoms with Gasteiger partial charge in [-0.15, -0.1) is 0 Å². The summed E-state index contributed by atoms with van der Waals surface area (Å²) in [4.78, 5) is 25.6. The number of ketones is 1. The monoisotopic (exact) mass is 456 g/mol. The van der Waals surface area contributed by atoms with E-state index < -0.39 is 12.1 Å². The van der Waals surface area contributed by atoms with Crippen LogP contribution in [-0.2, 0) is 4.74 Å². The van der Waals surface area contributed by atoms with Crippen LogP contribution in [0, 0.1) is 10.5 Å². The predicted molar refractivity (Wildman–Crippen MR) is 109 cm³/mol. The van der Waals surface area contributed by atoms with E-state index in [1.807, 2.05) is 43.3 Å². The Morgan fingerprint density at radius 3 is 2.19 bits per heavy atom. The number of aryl methyl sites for hydroxylation is 1. The van der Waals surface area contributed by atoms with Crippen LogP contribution in [0.4, 0.5) is 0 Å². The maximum Gasteiger partial charge on any atom is 0.339 e. The number of benzene rings is 3. The van der Waals surface area contributed by atoms with Crippen LogP contribution in [0.2, 0.25) is 0 Å². The summed E-state index contributed by atoms with van der Waals surface area (Å²) in [5.74, 6) is -0.756. The van der Waals surface area contributed by atoms with Crippen LogP contribution in [0.25, 0.3) is 0 Å². The van der Waals surface area contributed by atoms with Crippen LogP contribution in [0.15, 0.2) is 78.9 Å². The minimum absolute atomic E-state index is 0.241. The van der Waals surface area contributed by atoms with Gasteiger partial charge in [-0.1, -0.05) is 66.2 Å². The molecule has 0 spiro atoms. The molecule has 4 heteroatoms. The van der Waals surface area contributed by atoms with Crippen molar-refractivity contribution >= 4 is 34.3 Å². The van der Waals surface area contributed by atoms with E-state index in [2.05, 4.69) is 22.6 Å². The second-order valence-corrected chi connectivity index (χ2v) is 7.18. The Morgan fingerprint density at radius 1 is 0.846 bits per heavy atom. The van der Waals surface area contributed by atoms with Gasteiger partial charge in [-0.3, -0.25) is 4.79 Å². The van der Waals surface area contributed by atoms with Gasteiger partial charge in [0, 0.05) is 14.7 Å². The first-order valence-electron chi connectivity index (χ1n) is 8.17. The zero-order chi connectivity index (χ0) is 18.5. The van der Waals surface area contributed by atoms with Gasteiger partial charge in [0.15, 0.2) is 6.10 Å². The Bertz CT molecular complexity index is 918. The number of hydrogen-bond acceptors (Lipinski definition) is 3. The molecular weight excluding hydrogens is 439 g/mol. The maximum absolute atomic E-state index is 13.0. The molecule has 3 aromatic carbocycles. The first-order chi connectivity index (χ1) is 12.5. The largest absolute Gasteiger partial charge is 0.445 e. The van der Waals surface area contributed by atoms with E-state index in [4.69, 9.17) is 4.74 Å². The SMILES string of the molecule is Cc1ccc(C(=O)[C@H](OC(=O)c2cccc(I)c2)c2ccccc2)cc1. The van der Waals surface area contributed by atoms with E-state index in [1.165, 1.54) is 0 Å². The molecule has 26 heavy (non-hydrogen) atoms. The van der Waals surface area contributed by atoms with Gasteiger partial charge in [0.05, 0.1) is 5.56 Å². The summed E-state index contributed by atoms with van der Waals surface area (Å²) in [5.41, 5.74) is 2.65. The van der Waals surface area contributed by atoms with Gasteiger partial charge in [0.2, 0.25) is 5.78 Å². The molecular formula is C22H17IO3. The molecule has 3 aromatic rings. The highest BCUT2D eigenvalue weighted by atomic mass is 127. The Hall–Kier alpha value is -2.47. The van der Waals surface area contributed by atoms with Crippen molar-refractivity contribution in [3.63, 3.8) is 0 Å². The number of hydrogen-bond donors (Lipinski definition) is 0. The van der Waals surface area contributed by atoms with Gasteiger partial charge in [0.25, 0.3) is 0 Å². The Kier molecular flexibility index (Phi) is 5.83. The first-order valence-corrected chi connectivity index (χ1v) is 9.25. The lowest BCUT2D eigenvalue weighted by molar-refractivity contribution is 0.0280. The van der Waals surface area contributed by atoms with E-state index in [-0.39, 0.29) is 5.78 Å². The number of rotatable bonds is 5. The fourth-order valence-corrected chi connectivity index (χ4v) is 3.10. The zero-order valence-corrected chi connectivity index (χ0v) is 16.3. The van der Waals surface area contributed by atoms with E-state index in [1.54, 1.807) is 42.5 Å². The number of Topliss-reactive ketones (excluding diaryl/α,β-unsaturated/α-hetero) is 1. The molecule has 0 saturated carbocycles. The highest BCUT2D eigenvalue weighted by molar-refractivity contribution is 14.1. The summed E-state index contributed by atoms with van der Waals surface area (Å²) < 4.78 is 6.56. The van der Waals surface area contributed by atoms with Crippen LogP contribution in [-0.4, -0.2) is 11.8 Å². The molecule has 1 atom stereocenters. The van der Waals surface area contributed by atoms with Gasteiger partial charge in [-0.25, -0.2) is 4.79 Å². The van der Waals surface area contributed by atoms with Crippen LogP contribution < -0.4 is 0 Å². The molecule has 0 fully saturated rings. The van der Waals surface area contributed by atoms with Gasteiger partial charge in [-0.2, -0.15) is 0 Å². The summed E-state index contributed by atoms with van der Waals surface area (Å²) in [7, 11) is 0. The zero-order valence-electron chi connectivity index (χ0n) is 14.2. The summed E-state index contributed by atoms with van der Waals surface area (Å²) >= 11 is 2.14. The first kappa shape index (κ1) is 18.3. The third-order valence-corrected chi connectivity index (χ3v) is 4.63. The van der Waals surface area contributed by atoms with Crippen molar-refractivity contribution in [1.29, 1.82) is 0 Å². The Balaban J connectivity index is 1.92. The van der Waals surface area contributed by atoms with Crippen molar-refractivity contribution in [2.24, 2.45) is 0 Å². The molecule has 0 bridgehead atoms. The maximum atomic E-state index is 13.0. The fourth-order valence-electron chi connectivity index (χ4n) is 2.56. The number of halogens is 1. The van der Waals surface area contributed by atoms with Gasteiger partial charge >= 0.3 is 5.97 Å². The molecule has 0 heterocycles. The van der Waals surface area contributed by atoms with Crippen LogP contribution in [0.1, 0.15) is 37.9 Å². The minimum Gasteiger partial charge on any atom is -0.445 e. The third-order valence-electron chi connectivity index (χ3n) is 3.96. The highest BCUT2D eigenvalue weighted by Gasteiger charge is 2.26. The van der Waals surface area contributed by atoms with Crippen LogP contribution in [0.5, 0.6) is 0 Å². The lowest BCUT2D eigenvalue weighted by atomic mass is 9.99. The second kappa shape index (κ2) is 8.27. The van der Waals surface area contributed by atoms with E-state index in [0.717, 1.165) is 9.13 Å². The van der Waals surface area contributed by atoms with Crippen LogP contribution in [0.3, 0.4) is 0 Å². The average Bonchev–Trinajstić information content (AvgIpc) is 2.66. The molecule has 0 amide bonds. The van der Waals surface area contributed by atoms with Gasteiger partial charge in [-0.05, 0) is 47.7 Å². The lowest BCUT2D eigenvalue weighted by Gasteiger charge is -2.18. The van der Waals surface area contributed by atoms with Crippen molar-refractivity contribution in [3.05, 3.63) is 105 Å². The Labute approximate surface area is 166 Å². The minimum atomic E-state index is -0.982. The Morgan fingerprint density at radius 2 is 1.54 bits per heavy atom. The van der Waals surface area contributed by atoms with Gasteiger partial charge < -0.3 is 4.74 Å². The average molecular weight is 456 g/mol. The molecule has 0 aliphatic heterocycles. The molecule has 0 aliphatic carbocycles. The molecule has 3 rings (SSSR count). The fraction of sp³-hybridized carbons (Fsp3) is 0.0909. The molecule has 0 saturated heterocycles. The molecule has 0 aromatic heterocycles. The number of carbonyl (C=O) groups excluding carboxylic acids is 2. The summed E-state index contributed by atoms with van der Waals surface area (Å²) in [6.07, 6.45) is -0.982. The van der Waals surface area contributed by atoms with E-state index >= 15 is 0 Å². The predicted octanol–water partition coefficient (Wildman–Crippen LogP) is 5.38. The molecule has 0 N–H and O–H groups in total. The normalized spacial score (nSPS) is 11.6. The van der Waals surface area contributed by atoms with Crippen LogP contribution >= 0.6 is 22.6 Å². The van der Waals surface area contributed by atoms with Crippen molar-refractivity contribution in [1.82, 2.24) is 0 Å².